The van der Waals surface area contributed by atoms with Crippen LogP contribution in [0.3, 0.4) is 0 Å². The molecule has 0 bridgehead atoms. The van der Waals surface area contributed by atoms with Crippen molar-refractivity contribution >= 4 is 0 Å². The van der Waals surface area contributed by atoms with Crippen molar-refractivity contribution in [1.29, 1.82) is 0 Å². The summed E-state index contributed by atoms with van der Waals surface area (Å²) >= 11 is 0. The summed E-state index contributed by atoms with van der Waals surface area (Å²) in [6.45, 7) is 25.4. The highest BCUT2D eigenvalue weighted by atomic mass is 14.9. The average Bonchev–Trinajstić information content (AvgIpc) is 2.86. The molecule has 0 aliphatic heterocycles. The molecular weight excluding hydrogens is 254 g/mol. The van der Waals surface area contributed by atoms with Gasteiger partial charge in [-0.2, -0.15) is 0 Å². The van der Waals surface area contributed by atoms with Gasteiger partial charge in [-0.25, -0.2) is 0 Å². The van der Waals surface area contributed by atoms with E-state index in [1.165, 1.54) is 6.42 Å². The fraction of sp³-hybridized carbons (Fsp3) is 1.00. The summed E-state index contributed by atoms with van der Waals surface area (Å²) < 4.78 is 0. The highest BCUT2D eigenvalue weighted by molar-refractivity contribution is 5.07. The molecule has 1 N–H and O–H groups in total. The molecule has 0 aromatic heterocycles. The molecule has 0 spiro atoms. The second kappa shape index (κ2) is 6.60. The molecule has 0 aromatic carbocycles. The Hall–Kier alpha value is -0.0400. The van der Waals surface area contributed by atoms with Crippen LogP contribution in [-0.2, 0) is 0 Å². The first-order valence-corrected chi connectivity index (χ1v) is 9.26. The minimum atomic E-state index is 0.356. The molecule has 1 aliphatic rings. The van der Waals surface area contributed by atoms with Gasteiger partial charge in [0.15, 0.2) is 0 Å². The van der Waals surface area contributed by atoms with E-state index in [1.807, 2.05) is 0 Å². The molecule has 1 fully saturated rings. The van der Waals surface area contributed by atoms with E-state index in [0.717, 1.165) is 30.2 Å². The molecule has 2 unspecified atom stereocenters. The van der Waals surface area contributed by atoms with Gasteiger partial charge in [-0.15, -0.1) is 0 Å². The van der Waals surface area contributed by atoms with Gasteiger partial charge in [0, 0.05) is 6.04 Å². The maximum atomic E-state index is 3.73. The summed E-state index contributed by atoms with van der Waals surface area (Å²) in [4.78, 5) is 0. The topological polar surface area (TPSA) is 12.0 Å². The van der Waals surface area contributed by atoms with Crippen LogP contribution in [0.25, 0.3) is 0 Å². The van der Waals surface area contributed by atoms with Gasteiger partial charge in [-0.1, -0.05) is 62.3 Å². The molecular formula is C20H41N. The van der Waals surface area contributed by atoms with E-state index >= 15 is 0 Å². The lowest BCUT2D eigenvalue weighted by Crippen LogP contribution is -2.51. The Labute approximate surface area is 134 Å². The Balaban J connectivity index is 3.05. The molecule has 1 nitrogen and oxygen atoms in total. The molecule has 0 amide bonds. The van der Waals surface area contributed by atoms with Crippen molar-refractivity contribution in [3.8, 4) is 0 Å². The van der Waals surface area contributed by atoms with Gasteiger partial charge in [0.05, 0.1) is 0 Å². The van der Waals surface area contributed by atoms with E-state index < -0.39 is 0 Å². The van der Waals surface area contributed by atoms with E-state index in [-0.39, 0.29) is 0 Å². The van der Waals surface area contributed by atoms with Crippen molar-refractivity contribution < 1.29 is 0 Å². The van der Waals surface area contributed by atoms with E-state index in [0.29, 0.717) is 22.8 Å². The molecule has 1 aliphatic carbocycles. The lowest BCUT2D eigenvalue weighted by Gasteiger charge is -2.49. The van der Waals surface area contributed by atoms with Crippen LogP contribution in [0.1, 0.15) is 75.7 Å². The Bertz CT molecular complexity index is 325. The fourth-order valence-electron chi connectivity index (χ4n) is 4.87. The first-order valence-electron chi connectivity index (χ1n) is 9.26. The normalized spacial score (nSPS) is 34.9. The summed E-state index contributed by atoms with van der Waals surface area (Å²) in [5.74, 6) is 4.01. The molecule has 0 radical (unpaired) electrons. The number of rotatable bonds is 8. The Kier molecular flexibility index (Phi) is 5.98. The van der Waals surface area contributed by atoms with E-state index in [9.17, 15) is 0 Å². The average molecular weight is 296 g/mol. The number of hydrogen-bond donors (Lipinski definition) is 1. The zero-order valence-corrected chi connectivity index (χ0v) is 16.4. The van der Waals surface area contributed by atoms with Crippen LogP contribution in [0, 0.1) is 40.4 Å². The van der Waals surface area contributed by atoms with Gasteiger partial charge in [-0.3, -0.25) is 0 Å². The van der Waals surface area contributed by atoms with Crippen molar-refractivity contribution in [1.82, 2.24) is 5.32 Å². The smallest absolute Gasteiger partial charge is 0.00976 e. The minimum absolute atomic E-state index is 0.356. The molecule has 0 aromatic rings. The van der Waals surface area contributed by atoms with Crippen LogP contribution in [0.4, 0.5) is 0 Å². The van der Waals surface area contributed by atoms with Gasteiger partial charge in [0.25, 0.3) is 0 Å². The SMILES string of the molecule is CCN[C@H](C)[C@](C)(C(C)C)[C@@H](CC1(C)C(C)C1C)C(C)C. The predicted molar refractivity (Wildman–Crippen MR) is 95.5 cm³/mol. The largest absolute Gasteiger partial charge is 0.314 e. The Morgan fingerprint density at radius 1 is 1.05 bits per heavy atom. The van der Waals surface area contributed by atoms with Crippen LogP contribution >= 0.6 is 0 Å². The third kappa shape index (κ3) is 3.33. The summed E-state index contributed by atoms with van der Waals surface area (Å²) in [5, 5.41) is 3.73. The van der Waals surface area contributed by atoms with Crippen molar-refractivity contribution in [3.05, 3.63) is 0 Å². The fourth-order valence-corrected chi connectivity index (χ4v) is 4.87. The Morgan fingerprint density at radius 2 is 1.52 bits per heavy atom. The first kappa shape index (κ1) is 19.0. The molecule has 126 valence electrons. The molecule has 1 heteroatoms. The second-order valence-corrected chi connectivity index (χ2v) is 8.94. The zero-order chi connectivity index (χ0) is 16.6. The van der Waals surface area contributed by atoms with Gasteiger partial charge in [0.1, 0.15) is 0 Å². The van der Waals surface area contributed by atoms with Gasteiger partial charge in [-0.05, 0) is 60.3 Å². The van der Waals surface area contributed by atoms with Crippen LogP contribution in [0.2, 0.25) is 0 Å². The van der Waals surface area contributed by atoms with E-state index in [4.69, 9.17) is 0 Å². The van der Waals surface area contributed by atoms with Gasteiger partial charge in [0.2, 0.25) is 0 Å². The Morgan fingerprint density at radius 3 is 1.81 bits per heavy atom. The van der Waals surface area contributed by atoms with Crippen LogP contribution < -0.4 is 5.32 Å². The predicted octanol–water partition coefficient (Wildman–Crippen LogP) is 5.60. The second-order valence-electron chi connectivity index (χ2n) is 8.94. The van der Waals surface area contributed by atoms with Gasteiger partial charge >= 0.3 is 0 Å². The van der Waals surface area contributed by atoms with Gasteiger partial charge < -0.3 is 5.32 Å². The highest BCUT2D eigenvalue weighted by Gasteiger charge is 2.58. The van der Waals surface area contributed by atoms with Crippen molar-refractivity contribution in [2.45, 2.75) is 81.7 Å². The monoisotopic (exact) mass is 295 g/mol. The number of hydrogen-bond acceptors (Lipinski definition) is 1. The summed E-state index contributed by atoms with van der Waals surface area (Å²) in [7, 11) is 0. The summed E-state index contributed by atoms with van der Waals surface area (Å²) in [6, 6.07) is 0.572. The molecule has 1 saturated carbocycles. The lowest BCUT2D eigenvalue weighted by molar-refractivity contribution is 0.0179. The maximum Gasteiger partial charge on any atom is 0.00976 e. The lowest BCUT2D eigenvalue weighted by atomic mass is 9.58. The van der Waals surface area contributed by atoms with Crippen molar-refractivity contribution in [3.63, 3.8) is 0 Å². The van der Waals surface area contributed by atoms with Crippen LogP contribution in [-0.4, -0.2) is 12.6 Å². The third-order valence-corrected chi connectivity index (χ3v) is 7.67. The van der Waals surface area contributed by atoms with Crippen LogP contribution in [0.15, 0.2) is 0 Å². The highest BCUT2D eigenvalue weighted by Crippen LogP contribution is 2.64. The van der Waals surface area contributed by atoms with Crippen molar-refractivity contribution in [2.75, 3.05) is 6.54 Å². The summed E-state index contributed by atoms with van der Waals surface area (Å²) in [6.07, 6.45) is 1.39. The molecule has 1 rings (SSSR count). The van der Waals surface area contributed by atoms with Crippen LogP contribution in [0.5, 0.6) is 0 Å². The number of nitrogens with one attached hydrogen (secondary N) is 1. The molecule has 0 saturated heterocycles. The molecule has 5 atom stereocenters. The summed E-state index contributed by atoms with van der Waals surface area (Å²) in [5.41, 5.74) is 0.923. The van der Waals surface area contributed by atoms with E-state index in [2.05, 4.69) is 74.6 Å². The quantitative estimate of drug-likeness (QED) is 0.614. The minimum Gasteiger partial charge on any atom is -0.314 e. The first-order chi connectivity index (χ1) is 9.53. The molecule has 0 heterocycles. The standard InChI is InChI=1S/C20H41N/c1-11-21-17(8)20(10,14(4)5)18(13(2)3)12-19(9)15(6)16(19)7/h13-18,21H,11-12H2,1-10H3/t15?,16?,17-,18+,19?,20+/m1/s1. The molecule has 21 heavy (non-hydrogen) atoms. The third-order valence-electron chi connectivity index (χ3n) is 7.67. The van der Waals surface area contributed by atoms with Crippen molar-refractivity contribution in [2.24, 2.45) is 40.4 Å². The maximum absolute atomic E-state index is 3.73. The van der Waals surface area contributed by atoms with E-state index in [1.54, 1.807) is 0 Å². The zero-order valence-electron chi connectivity index (χ0n) is 16.4.